The molecule has 0 spiro atoms. The molecule has 2 aliphatic rings. The van der Waals surface area contributed by atoms with Crippen LogP contribution >= 0.6 is 24.0 Å². The molecule has 0 radical (unpaired) electrons. The summed E-state index contributed by atoms with van der Waals surface area (Å²) in [5.41, 5.74) is 2.86. The molecule has 7 nitrogen and oxygen atoms in total. The van der Waals surface area contributed by atoms with Crippen LogP contribution in [0.25, 0.3) is 16.5 Å². The van der Waals surface area contributed by atoms with E-state index in [2.05, 4.69) is 20.3 Å². The molecule has 0 saturated carbocycles. The van der Waals surface area contributed by atoms with E-state index in [0.717, 1.165) is 48.2 Å². The van der Waals surface area contributed by atoms with Crippen molar-refractivity contribution in [3.05, 3.63) is 65.7 Å². The Morgan fingerprint density at radius 3 is 2.62 bits per heavy atom. The van der Waals surface area contributed by atoms with Crippen molar-refractivity contribution in [2.24, 2.45) is 0 Å². The monoisotopic (exact) mass is 473 g/mol. The van der Waals surface area contributed by atoms with Gasteiger partial charge in [-0.2, -0.15) is 0 Å². The van der Waals surface area contributed by atoms with Crippen LogP contribution in [0.4, 0.5) is 0 Å². The summed E-state index contributed by atoms with van der Waals surface area (Å²) in [4.78, 5) is 26.0. The Kier molecular flexibility index (Phi) is 8.39. The molecule has 0 atom stereocenters. The second-order valence-corrected chi connectivity index (χ2v) is 7.77. The maximum atomic E-state index is 11.3. The van der Waals surface area contributed by atoms with Crippen LogP contribution in [0.5, 0.6) is 5.88 Å². The number of aromatic nitrogens is 3. The van der Waals surface area contributed by atoms with Crippen molar-refractivity contribution in [2.75, 3.05) is 26.2 Å². The first-order chi connectivity index (χ1) is 15.1. The Labute approximate surface area is 198 Å². The number of rotatable bonds is 3. The van der Waals surface area contributed by atoms with E-state index in [9.17, 15) is 4.79 Å². The molecule has 9 heteroatoms. The molecule has 1 amide bonds. The average Bonchev–Trinajstić information content (AvgIpc) is 2.77. The number of nitrogens with zero attached hydrogens (tertiary/aromatic N) is 4. The van der Waals surface area contributed by atoms with Gasteiger partial charge in [-0.05, 0) is 30.2 Å². The number of halogens is 2. The van der Waals surface area contributed by atoms with Gasteiger partial charge in [0, 0.05) is 50.9 Å². The summed E-state index contributed by atoms with van der Waals surface area (Å²) in [6, 6.07) is 11.7. The highest BCUT2D eigenvalue weighted by molar-refractivity contribution is 6.29. The molecule has 5 rings (SSSR count). The normalized spacial score (nSPS) is 15.6. The van der Waals surface area contributed by atoms with Crippen LogP contribution in [0.1, 0.15) is 19.0 Å². The summed E-state index contributed by atoms with van der Waals surface area (Å²) in [5.74, 6) is 0.706. The number of pyridine rings is 1. The van der Waals surface area contributed by atoms with Crippen LogP contribution < -0.4 is 10.1 Å². The number of fused-ring (bicyclic) bond motifs is 1. The predicted molar refractivity (Wildman–Crippen MR) is 128 cm³/mol. The Balaban J connectivity index is 0.000000204. The second-order valence-electron chi connectivity index (χ2n) is 7.38. The lowest BCUT2D eigenvalue weighted by Gasteiger charge is -2.29. The summed E-state index contributed by atoms with van der Waals surface area (Å²) in [5, 5.41) is 4.83. The maximum Gasteiger partial charge on any atom is 0.240 e. The molecule has 2 aliphatic heterocycles. The fraction of sp³-hybridized carbons (Fsp3) is 0.304. The third-order valence-corrected chi connectivity index (χ3v) is 5.42. The molecule has 1 saturated heterocycles. The van der Waals surface area contributed by atoms with Gasteiger partial charge in [0.1, 0.15) is 17.0 Å². The molecule has 0 aliphatic carbocycles. The molecule has 4 heterocycles. The van der Waals surface area contributed by atoms with E-state index in [-0.39, 0.29) is 24.4 Å². The number of nitrogens with one attached hydrogen (secondary N) is 1. The van der Waals surface area contributed by atoms with Gasteiger partial charge in [-0.3, -0.25) is 4.79 Å². The minimum absolute atomic E-state index is 0. The van der Waals surface area contributed by atoms with Crippen molar-refractivity contribution in [1.82, 2.24) is 25.2 Å². The molecule has 0 bridgehead atoms. The van der Waals surface area contributed by atoms with Crippen LogP contribution in [0.15, 0.2) is 54.9 Å². The van der Waals surface area contributed by atoms with Crippen LogP contribution in [0.3, 0.4) is 0 Å². The van der Waals surface area contributed by atoms with Gasteiger partial charge in [0.15, 0.2) is 0 Å². The summed E-state index contributed by atoms with van der Waals surface area (Å²) in [7, 11) is 0. The highest BCUT2D eigenvalue weighted by Gasteiger charge is 2.23. The smallest absolute Gasteiger partial charge is 0.240 e. The Morgan fingerprint density at radius 1 is 1.16 bits per heavy atom. The first-order valence-corrected chi connectivity index (χ1v) is 10.6. The van der Waals surface area contributed by atoms with Gasteiger partial charge in [0.05, 0.1) is 5.52 Å². The first-order valence-electron chi connectivity index (χ1n) is 10.2. The van der Waals surface area contributed by atoms with Gasteiger partial charge >= 0.3 is 0 Å². The van der Waals surface area contributed by atoms with E-state index in [1.54, 1.807) is 25.4 Å². The second kappa shape index (κ2) is 11.2. The highest BCUT2D eigenvalue weighted by atomic mass is 35.5. The van der Waals surface area contributed by atoms with Crippen molar-refractivity contribution in [1.29, 1.82) is 0 Å². The molecule has 168 valence electrons. The van der Waals surface area contributed by atoms with Crippen molar-refractivity contribution < 1.29 is 9.53 Å². The van der Waals surface area contributed by atoms with Crippen molar-refractivity contribution in [3.8, 4) is 5.88 Å². The molecule has 1 fully saturated rings. The van der Waals surface area contributed by atoms with Gasteiger partial charge < -0.3 is 15.0 Å². The third-order valence-electron chi connectivity index (χ3n) is 5.21. The van der Waals surface area contributed by atoms with Crippen LogP contribution in [-0.4, -0.2) is 58.0 Å². The van der Waals surface area contributed by atoms with E-state index in [0.29, 0.717) is 17.6 Å². The number of amides is 1. The molecule has 1 aromatic carbocycles. The van der Waals surface area contributed by atoms with Gasteiger partial charge in [0.2, 0.25) is 11.8 Å². The molecule has 1 N–H and O–H groups in total. The summed E-state index contributed by atoms with van der Waals surface area (Å²) < 4.78 is 5.85. The fourth-order valence-corrected chi connectivity index (χ4v) is 3.50. The van der Waals surface area contributed by atoms with Crippen molar-refractivity contribution in [2.45, 2.75) is 19.4 Å². The lowest BCUT2D eigenvalue weighted by Crippen LogP contribution is -2.50. The van der Waals surface area contributed by atoms with E-state index in [4.69, 9.17) is 16.3 Å². The third kappa shape index (κ3) is 5.94. The number of para-hydroxylation sites is 1. The average molecular weight is 474 g/mol. The number of hydrogen-bond donors (Lipinski definition) is 1. The summed E-state index contributed by atoms with van der Waals surface area (Å²) in [6.07, 6.45) is 6.34. The molecule has 3 aromatic rings. The van der Waals surface area contributed by atoms with Gasteiger partial charge in [-0.25, -0.2) is 15.0 Å². The number of carbonyl (C=O) groups excluding carboxylic acids is 1. The minimum atomic E-state index is 0. The molecular formula is C23H25Cl2N5O2. The Bertz CT molecular complexity index is 1100. The van der Waals surface area contributed by atoms with E-state index < -0.39 is 0 Å². The van der Waals surface area contributed by atoms with Crippen molar-refractivity contribution in [3.63, 3.8) is 0 Å². The zero-order valence-electron chi connectivity index (χ0n) is 17.7. The maximum absolute atomic E-state index is 11.3. The number of carbonyl (C=O) groups is 1. The summed E-state index contributed by atoms with van der Waals surface area (Å²) in [6.45, 7) is 4.66. The van der Waals surface area contributed by atoms with Crippen molar-refractivity contribution >= 4 is 46.4 Å². The van der Waals surface area contributed by atoms with Gasteiger partial charge in [0.25, 0.3) is 0 Å². The van der Waals surface area contributed by atoms with Crippen LogP contribution in [0, 0.1) is 0 Å². The summed E-state index contributed by atoms with van der Waals surface area (Å²) >= 11 is 5.71. The quantitative estimate of drug-likeness (QED) is 0.583. The molecule has 2 aromatic heterocycles. The Hall–Kier alpha value is -2.74. The van der Waals surface area contributed by atoms with Gasteiger partial charge in [-0.15, -0.1) is 12.4 Å². The predicted octanol–water partition coefficient (Wildman–Crippen LogP) is 3.77. The lowest BCUT2D eigenvalue weighted by atomic mass is 10.0. The lowest BCUT2D eigenvalue weighted by molar-refractivity contribution is -0.128. The largest absolute Gasteiger partial charge is 0.470 e. The standard InChI is InChI=1S/C14H18N4O2.C9H6ClN.ClH/c1-10(19)18-6-2-11(3-7-18)13-14(17-5-4-16-13)20-12-8-15-9-12;10-9-6-5-7-3-1-2-4-8(7)11-9;/h2,4-5,12,15H,3,6-9H2,1H3;1-6H;1H. The number of ether oxygens (including phenoxy) is 1. The zero-order valence-corrected chi connectivity index (χ0v) is 19.3. The van der Waals surface area contributed by atoms with Crippen LogP contribution in [0.2, 0.25) is 5.15 Å². The van der Waals surface area contributed by atoms with Gasteiger partial charge in [-0.1, -0.05) is 35.9 Å². The SMILES string of the molecule is CC(=O)N1CC=C(c2nccnc2OC2CNC2)CC1.Cl.Clc1ccc2ccccc2n1. The first kappa shape index (κ1) is 23.9. The van der Waals surface area contributed by atoms with E-state index in [1.165, 1.54) is 0 Å². The fourth-order valence-electron chi connectivity index (χ4n) is 3.35. The highest BCUT2D eigenvalue weighted by Crippen LogP contribution is 2.27. The number of hydrogen-bond acceptors (Lipinski definition) is 6. The topological polar surface area (TPSA) is 80.2 Å². The number of benzene rings is 1. The zero-order chi connectivity index (χ0) is 21.6. The molecular weight excluding hydrogens is 449 g/mol. The molecule has 32 heavy (non-hydrogen) atoms. The minimum Gasteiger partial charge on any atom is -0.470 e. The molecule has 0 unspecified atom stereocenters. The van der Waals surface area contributed by atoms with Crippen LogP contribution in [-0.2, 0) is 4.79 Å². The van der Waals surface area contributed by atoms with E-state index in [1.807, 2.05) is 41.3 Å². The Morgan fingerprint density at radius 2 is 1.94 bits per heavy atom. The van der Waals surface area contributed by atoms with E-state index >= 15 is 0 Å².